The highest BCUT2D eigenvalue weighted by atomic mass is 35.5. The molecule has 5 heteroatoms. The van der Waals surface area contributed by atoms with Crippen molar-refractivity contribution < 1.29 is 0 Å². The Morgan fingerprint density at radius 2 is 2.17 bits per heavy atom. The van der Waals surface area contributed by atoms with Crippen molar-refractivity contribution in [1.29, 1.82) is 0 Å². The molecule has 1 aromatic heterocycles. The average molecular weight is 288 g/mol. The molecule has 0 aliphatic carbocycles. The van der Waals surface area contributed by atoms with Gasteiger partial charge in [0.1, 0.15) is 5.15 Å². The van der Waals surface area contributed by atoms with E-state index < -0.39 is 0 Å². The van der Waals surface area contributed by atoms with Crippen LogP contribution in [-0.2, 0) is 0 Å². The molecule has 100 valence electrons. The van der Waals surface area contributed by atoms with Gasteiger partial charge >= 0.3 is 0 Å². The molecule has 1 saturated heterocycles. The van der Waals surface area contributed by atoms with E-state index in [-0.39, 0.29) is 0 Å². The number of halogens is 2. The van der Waals surface area contributed by atoms with Crippen LogP contribution >= 0.6 is 23.2 Å². The molecule has 3 nitrogen and oxygen atoms in total. The lowest BCUT2D eigenvalue weighted by atomic mass is 9.98. The highest BCUT2D eigenvalue weighted by Gasteiger charge is 2.23. The lowest BCUT2D eigenvalue weighted by Gasteiger charge is -2.36. The molecule has 2 unspecified atom stereocenters. The number of piperidine rings is 1. The summed E-state index contributed by atoms with van der Waals surface area (Å²) in [6.07, 6.45) is 2.24. The third-order valence-corrected chi connectivity index (χ3v) is 4.17. The molecule has 0 bridgehead atoms. The Morgan fingerprint density at radius 1 is 1.44 bits per heavy atom. The summed E-state index contributed by atoms with van der Waals surface area (Å²) in [5, 5.41) is 4.42. The Labute approximate surface area is 118 Å². The van der Waals surface area contributed by atoms with E-state index in [0.29, 0.717) is 22.4 Å². The van der Waals surface area contributed by atoms with E-state index in [2.05, 4.69) is 29.2 Å². The van der Waals surface area contributed by atoms with Crippen molar-refractivity contribution >= 4 is 28.9 Å². The summed E-state index contributed by atoms with van der Waals surface area (Å²) in [5.41, 5.74) is 1.97. The maximum absolute atomic E-state index is 6.15. The Morgan fingerprint density at radius 3 is 2.78 bits per heavy atom. The van der Waals surface area contributed by atoms with Crippen LogP contribution in [-0.4, -0.2) is 35.6 Å². The maximum atomic E-state index is 6.15. The maximum Gasteiger partial charge on any atom is 0.154 e. The number of nitrogens with one attached hydrogen (secondary N) is 1. The van der Waals surface area contributed by atoms with E-state index in [1.165, 1.54) is 0 Å². The molecule has 1 fully saturated rings. The largest absolute Gasteiger partial charge is 0.379 e. The van der Waals surface area contributed by atoms with E-state index in [1.54, 1.807) is 0 Å². The van der Waals surface area contributed by atoms with Gasteiger partial charge in [-0.05, 0) is 45.4 Å². The van der Waals surface area contributed by atoms with E-state index in [1.807, 2.05) is 13.0 Å². The third-order valence-electron chi connectivity index (χ3n) is 3.70. The topological polar surface area (TPSA) is 28.2 Å². The van der Waals surface area contributed by atoms with Gasteiger partial charge in [-0.2, -0.15) is 0 Å². The number of likely N-dealkylation sites (tertiary alicyclic amines) is 1. The van der Waals surface area contributed by atoms with Crippen molar-refractivity contribution in [2.45, 2.75) is 38.8 Å². The van der Waals surface area contributed by atoms with Crippen molar-refractivity contribution in [2.24, 2.45) is 0 Å². The molecule has 0 aromatic carbocycles. The first-order chi connectivity index (χ1) is 8.47. The Hall–Kier alpha value is -0.510. The zero-order chi connectivity index (χ0) is 13.3. The highest BCUT2D eigenvalue weighted by molar-refractivity contribution is 6.34. The van der Waals surface area contributed by atoms with Gasteiger partial charge < -0.3 is 10.2 Å². The smallest absolute Gasteiger partial charge is 0.154 e. The second-order valence-corrected chi connectivity index (χ2v) is 5.87. The van der Waals surface area contributed by atoms with Crippen LogP contribution in [0.5, 0.6) is 0 Å². The SMILES string of the molecule is Cc1cc(Cl)nc(Cl)c1NC1CCN(C)C(C)C1. The summed E-state index contributed by atoms with van der Waals surface area (Å²) < 4.78 is 0. The summed E-state index contributed by atoms with van der Waals surface area (Å²) >= 11 is 12.0. The molecular formula is C13H19Cl2N3. The van der Waals surface area contributed by atoms with Gasteiger partial charge in [-0.3, -0.25) is 0 Å². The molecule has 0 radical (unpaired) electrons. The minimum absolute atomic E-state index is 0.444. The molecule has 1 aliphatic rings. The highest BCUT2D eigenvalue weighted by Crippen LogP contribution is 2.29. The van der Waals surface area contributed by atoms with Crippen LogP contribution in [0.1, 0.15) is 25.3 Å². The quantitative estimate of drug-likeness (QED) is 0.843. The van der Waals surface area contributed by atoms with Crippen LogP contribution in [0.25, 0.3) is 0 Å². The van der Waals surface area contributed by atoms with Crippen molar-refractivity contribution in [3.8, 4) is 0 Å². The number of anilines is 1. The first-order valence-corrected chi connectivity index (χ1v) is 7.02. The number of rotatable bonds is 2. The molecule has 2 rings (SSSR count). The molecular weight excluding hydrogens is 269 g/mol. The number of aryl methyl sites for hydroxylation is 1. The predicted octanol–water partition coefficient (Wildman–Crippen LogP) is 3.59. The van der Waals surface area contributed by atoms with Crippen molar-refractivity contribution in [3.63, 3.8) is 0 Å². The predicted molar refractivity (Wildman–Crippen MR) is 77.7 cm³/mol. The molecule has 18 heavy (non-hydrogen) atoms. The van der Waals surface area contributed by atoms with Crippen molar-refractivity contribution in [1.82, 2.24) is 9.88 Å². The Kier molecular flexibility index (Phi) is 4.36. The fraction of sp³-hybridized carbons (Fsp3) is 0.615. The monoisotopic (exact) mass is 287 g/mol. The third kappa shape index (κ3) is 3.08. The molecule has 1 N–H and O–H groups in total. The lowest BCUT2D eigenvalue weighted by Crippen LogP contribution is -2.42. The Bertz CT molecular complexity index is 413. The minimum Gasteiger partial charge on any atom is -0.379 e. The number of hydrogen-bond donors (Lipinski definition) is 1. The van der Waals surface area contributed by atoms with E-state index >= 15 is 0 Å². The van der Waals surface area contributed by atoms with E-state index in [0.717, 1.165) is 30.6 Å². The standard InChI is InChI=1S/C13H19Cl2N3/c1-8-6-11(14)17-13(15)12(8)16-10-4-5-18(3)9(2)7-10/h6,9-10,16H,4-5,7H2,1-3H3. The van der Waals surface area contributed by atoms with Gasteiger partial charge in [0.15, 0.2) is 5.15 Å². The second kappa shape index (κ2) is 5.64. The van der Waals surface area contributed by atoms with Crippen LogP contribution in [0.3, 0.4) is 0 Å². The summed E-state index contributed by atoms with van der Waals surface area (Å²) in [6, 6.07) is 2.89. The number of aromatic nitrogens is 1. The molecule has 0 saturated carbocycles. The molecule has 0 amide bonds. The molecule has 0 spiro atoms. The fourth-order valence-electron chi connectivity index (χ4n) is 2.39. The number of hydrogen-bond acceptors (Lipinski definition) is 3. The van der Waals surface area contributed by atoms with Gasteiger partial charge in [-0.25, -0.2) is 4.98 Å². The molecule has 2 heterocycles. The van der Waals surface area contributed by atoms with E-state index in [9.17, 15) is 0 Å². The van der Waals surface area contributed by atoms with Gasteiger partial charge in [0, 0.05) is 18.6 Å². The first kappa shape index (κ1) is 13.9. The molecule has 1 aromatic rings. The second-order valence-electron chi connectivity index (χ2n) is 5.12. The number of pyridine rings is 1. The fourth-order valence-corrected chi connectivity index (χ4v) is 2.98. The normalized spacial score (nSPS) is 25.2. The van der Waals surface area contributed by atoms with Crippen LogP contribution in [0, 0.1) is 6.92 Å². The Balaban J connectivity index is 2.10. The summed E-state index contributed by atoms with van der Waals surface area (Å²) in [4.78, 5) is 6.47. The van der Waals surface area contributed by atoms with Crippen LogP contribution in [0.4, 0.5) is 5.69 Å². The van der Waals surface area contributed by atoms with Gasteiger partial charge in [-0.15, -0.1) is 0 Å². The van der Waals surface area contributed by atoms with Crippen molar-refractivity contribution in [3.05, 3.63) is 21.9 Å². The van der Waals surface area contributed by atoms with Gasteiger partial charge in [0.2, 0.25) is 0 Å². The number of nitrogens with zero attached hydrogens (tertiary/aromatic N) is 2. The van der Waals surface area contributed by atoms with Crippen LogP contribution in [0.2, 0.25) is 10.3 Å². The van der Waals surface area contributed by atoms with Gasteiger partial charge in [0.05, 0.1) is 5.69 Å². The lowest BCUT2D eigenvalue weighted by molar-refractivity contribution is 0.190. The average Bonchev–Trinajstić information content (AvgIpc) is 2.28. The van der Waals surface area contributed by atoms with Gasteiger partial charge in [0.25, 0.3) is 0 Å². The van der Waals surface area contributed by atoms with Crippen molar-refractivity contribution in [2.75, 3.05) is 18.9 Å². The summed E-state index contributed by atoms with van der Waals surface area (Å²) in [6.45, 7) is 5.36. The first-order valence-electron chi connectivity index (χ1n) is 6.26. The zero-order valence-electron chi connectivity index (χ0n) is 11.0. The zero-order valence-corrected chi connectivity index (χ0v) is 12.5. The van der Waals surface area contributed by atoms with E-state index in [4.69, 9.17) is 23.2 Å². The molecule has 2 atom stereocenters. The van der Waals surface area contributed by atoms with Gasteiger partial charge in [-0.1, -0.05) is 23.2 Å². The van der Waals surface area contributed by atoms with Crippen LogP contribution in [0.15, 0.2) is 6.07 Å². The minimum atomic E-state index is 0.444. The molecule has 1 aliphatic heterocycles. The van der Waals surface area contributed by atoms with Crippen LogP contribution < -0.4 is 5.32 Å². The summed E-state index contributed by atoms with van der Waals surface area (Å²) in [7, 11) is 2.17. The summed E-state index contributed by atoms with van der Waals surface area (Å²) in [5.74, 6) is 0.